The molecule has 1 aliphatic rings. The molecule has 1 N–H and O–H groups in total. The lowest BCUT2D eigenvalue weighted by Crippen LogP contribution is -2.51. The summed E-state index contributed by atoms with van der Waals surface area (Å²) in [6.07, 6.45) is 1.60. The molecule has 1 aliphatic heterocycles. The van der Waals surface area contributed by atoms with Gasteiger partial charge in [-0.2, -0.15) is 20.5 Å². The van der Waals surface area contributed by atoms with E-state index in [9.17, 15) is 9.59 Å². The number of anilines is 2. The van der Waals surface area contributed by atoms with E-state index in [1.165, 1.54) is 4.90 Å². The smallest absolute Gasteiger partial charge is 0.336 e. The Labute approximate surface area is 237 Å². The molecule has 0 fully saturated rings. The van der Waals surface area contributed by atoms with E-state index < -0.39 is 11.5 Å². The molecule has 0 unspecified atom stereocenters. The molecule has 4 aromatic carbocycles. The zero-order valence-electron chi connectivity index (χ0n) is 22.6. The maximum atomic E-state index is 13.7. The number of benzene rings is 4. The first-order valence-electron chi connectivity index (χ1n) is 13.1. The first-order chi connectivity index (χ1) is 20.0. The second-order valence-corrected chi connectivity index (χ2v) is 9.33. The summed E-state index contributed by atoms with van der Waals surface area (Å²) in [5.41, 5.74) is 2.84. The first-order valence-corrected chi connectivity index (χ1v) is 13.1. The zero-order valence-corrected chi connectivity index (χ0v) is 22.6. The van der Waals surface area contributed by atoms with Crippen LogP contribution in [0.25, 0.3) is 0 Å². The summed E-state index contributed by atoms with van der Waals surface area (Å²) in [6.45, 7) is 3.58. The normalized spacial score (nSPS) is 16.8. The highest BCUT2D eigenvalue weighted by molar-refractivity contribution is 6.16. The standard InChI is InChI=1S/C32H28N6O3/c1-3-41-31(40)32(2)22-29(33-23-14-16-26(17-15-23)36-34-24-10-6-4-7-11-24)30(39)38(32)28-20-18-27(19-21-28)37-35-25-12-8-5-9-13-25/h4-22,33H,3H2,1-2H3/t32-/m1/s1. The van der Waals surface area contributed by atoms with Crippen LogP contribution in [0.5, 0.6) is 0 Å². The van der Waals surface area contributed by atoms with Gasteiger partial charge in [-0.3, -0.25) is 9.69 Å². The lowest BCUT2D eigenvalue weighted by Gasteiger charge is -2.32. The van der Waals surface area contributed by atoms with Crippen molar-refractivity contribution >= 4 is 46.0 Å². The molecule has 5 rings (SSSR count). The minimum atomic E-state index is -1.35. The zero-order chi connectivity index (χ0) is 28.7. The predicted octanol–water partition coefficient (Wildman–Crippen LogP) is 8.18. The maximum absolute atomic E-state index is 13.7. The van der Waals surface area contributed by atoms with Crippen molar-refractivity contribution in [2.75, 3.05) is 16.8 Å². The first kappa shape index (κ1) is 27.1. The lowest BCUT2D eigenvalue weighted by molar-refractivity contribution is -0.147. The van der Waals surface area contributed by atoms with Gasteiger partial charge in [-0.25, -0.2) is 4.79 Å². The minimum absolute atomic E-state index is 0.185. The molecule has 204 valence electrons. The Morgan fingerprint density at radius 2 is 1.20 bits per heavy atom. The van der Waals surface area contributed by atoms with Gasteiger partial charge in [0.15, 0.2) is 5.54 Å². The number of nitrogens with zero attached hydrogens (tertiary/aromatic N) is 5. The van der Waals surface area contributed by atoms with Crippen molar-refractivity contribution in [3.8, 4) is 0 Å². The van der Waals surface area contributed by atoms with Gasteiger partial charge >= 0.3 is 5.97 Å². The molecule has 9 nitrogen and oxygen atoms in total. The number of rotatable bonds is 9. The number of ether oxygens (including phenoxy) is 1. The van der Waals surface area contributed by atoms with Gasteiger partial charge in [-0.05, 0) is 92.7 Å². The molecule has 41 heavy (non-hydrogen) atoms. The van der Waals surface area contributed by atoms with Gasteiger partial charge in [-0.15, -0.1) is 0 Å². The molecule has 0 saturated heterocycles. The number of hydrogen-bond donors (Lipinski definition) is 1. The van der Waals surface area contributed by atoms with Crippen molar-refractivity contribution in [1.82, 2.24) is 0 Å². The van der Waals surface area contributed by atoms with E-state index in [0.29, 0.717) is 22.7 Å². The van der Waals surface area contributed by atoms with Crippen molar-refractivity contribution in [3.63, 3.8) is 0 Å². The van der Waals surface area contributed by atoms with Crippen molar-refractivity contribution in [1.29, 1.82) is 0 Å². The number of azo groups is 2. The van der Waals surface area contributed by atoms with Crippen molar-refractivity contribution in [3.05, 3.63) is 121 Å². The second-order valence-electron chi connectivity index (χ2n) is 9.33. The molecule has 0 bridgehead atoms. The van der Waals surface area contributed by atoms with Crippen molar-refractivity contribution in [2.24, 2.45) is 20.5 Å². The molecule has 0 saturated carbocycles. The Hall–Kier alpha value is -5.44. The fourth-order valence-corrected chi connectivity index (χ4v) is 4.30. The van der Waals surface area contributed by atoms with Gasteiger partial charge in [0.2, 0.25) is 0 Å². The Bertz CT molecular complexity index is 1600. The molecule has 0 spiro atoms. The van der Waals surface area contributed by atoms with Crippen molar-refractivity contribution in [2.45, 2.75) is 19.4 Å². The Morgan fingerprint density at radius 1 is 0.732 bits per heavy atom. The van der Waals surface area contributed by atoms with Crippen LogP contribution in [0.2, 0.25) is 0 Å². The largest absolute Gasteiger partial charge is 0.464 e. The van der Waals surface area contributed by atoms with Gasteiger partial charge in [0.1, 0.15) is 5.70 Å². The van der Waals surface area contributed by atoms with Crippen LogP contribution in [0.3, 0.4) is 0 Å². The number of esters is 1. The molecule has 0 aliphatic carbocycles. The third-order valence-corrected chi connectivity index (χ3v) is 6.34. The summed E-state index contributed by atoms with van der Waals surface area (Å²) < 4.78 is 5.36. The van der Waals surface area contributed by atoms with Crippen LogP contribution in [0.15, 0.2) is 141 Å². The van der Waals surface area contributed by atoms with E-state index in [4.69, 9.17) is 4.74 Å². The summed E-state index contributed by atoms with van der Waals surface area (Å²) in [5, 5.41) is 20.1. The number of amides is 1. The fourth-order valence-electron chi connectivity index (χ4n) is 4.30. The Balaban J connectivity index is 1.35. The van der Waals surface area contributed by atoms with Crippen molar-refractivity contribution < 1.29 is 14.3 Å². The molecule has 1 amide bonds. The molecule has 0 radical (unpaired) electrons. The number of carbonyl (C=O) groups is 2. The summed E-state index contributed by atoms with van der Waals surface area (Å²) >= 11 is 0. The highest BCUT2D eigenvalue weighted by atomic mass is 16.5. The topological polar surface area (TPSA) is 108 Å². The van der Waals surface area contributed by atoms with Crippen LogP contribution in [-0.2, 0) is 14.3 Å². The average molecular weight is 545 g/mol. The quantitative estimate of drug-likeness (QED) is 0.169. The van der Waals surface area contributed by atoms with Crippen LogP contribution < -0.4 is 10.2 Å². The summed E-state index contributed by atoms with van der Waals surface area (Å²) in [5.74, 6) is -0.901. The van der Waals surface area contributed by atoms with Crippen LogP contribution in [-0.4, -0.2) is 24.0 Å². The van der Waals surface area contributed by atoms with Gasteiger partial charge in [0, 0.05) is 11.4 Å². The van der Waals surface area contributed by atoms with Crippen LogP contribution in [0, 0.1) is 0 Å². The van der Waals surface area contributed by atoms with E-state index in [2.05, 4.69) is 25.8 Å². The van der Waals surface area contributed by atoms with E-state index >= 15 is 0 Å². The van der Waals surface area contributed by atoms with E-state index in [0.717, 1.165) is 11.4 Å². The van der Waals surface area contributed by atoms with Crippen LogP contribution >= 0.6 is 0 Å². The third-order valence-electron chi connectivity index (χ3n) is 6.34. The average Bonchev–Trinajstić information content (AvgIpc) is 3.27. The van der Waals surface area contributed by atoms with E-state index in [-0.39, 0.29) is 18.2 Å². The van der Waals surface area contributed by atoms with Gasteiger partial charge < -0.3 is 10.1 Å². The molecular weight excluding hydrogens is 516 g/mol. The third kappa shape index (κ3) is 6.25. The Morgan fingerprint density at radius 3 is 1.68 bits per heavy atom. The number of carbonyl (C=O) groups excluding carboxylic acids is 2. The van der Waals surface area contributed by atoms with Gasteiger partial charge in [-0.1, -0.05) is 36.4 Å². The molecule has 0 aromatic heterocycles. The summed E-state index contributed by atoms with van der Waals surface area (Å²) in [6, 6.07) is 33.0. The van der Waals surface area contributed by atoms with Crippen LogP contribution in [0.1, 0.15) is 13.8 Å². The number of nitrogens with one attached hydrogen (secondary N) is 1. The van der Waals surface area contributed by atoms with Gasteiger partial charge in [0.25, 0.3) is 5.91 Å². The number of hydrogen-bond acceptors (Lipinski definition) is 8. The SMILES string of the molecule is CCOC(=O)[C@@]1(C)C=C(Nc2ccc(N=Nc3ccccc3)cc2)C(=O)N1c1ccc(N=Nc2ccccc2)cc1. The fraction of sp³-hybridized carbons (Fsp3) is 0.125. The second kappa shape index (κ2) is 12.2. The van der Waals surface area contributed by atoms with Gasteiger partial charge in [0.05, 0.1) is 29.4 Å². The maximum Gasteiger partial charge on any atom is 0.336 e. The summed E-state index contributed by atoms with van der Waals surface area (Å²) in [4.78, 5) is 28.2. The molecule has 4 aromatic rings. The highest BCUT2D eigenvalue weighted by Gasteiger charge is 2.49. The molecule has 1 atom stereocenters. The lowest BCUT2D eigenvalue weighted by atomic mass is 10.0. The monoisotopic (exact) mass is 544 g/mol. The van der Waals surface area contributed by atoms with Crippen LogP contribution in [0.4, 0.5) is 34.1 Å². The van der Waals surface area contributed by atoms with E-state index in [1.807, 2.05) is 60.7 Å². The molecule has 1 heterocycles. The highest BCUT2D eigenvalue weighted by Crippen LogP contribution is 2.36. The van der Waals surface area contributed by atoms with E-state index in [1.54, 1.807) is 68.5 Å². The minimum Gasteiger partial charge on any atom is -0.464 e. The predicted molar refractivity (Wildman–Crippen MR) is 158 cm³/mol. The Kier molecular flexibility index (Phi) is 8.05. The summed E-state index contributed by atoms with van der Waals surface area (Å²) in [7, 11) is 0. The molecular formula is C32H28N6O3. The molecule has 9 heteroatoms.